The van der Waals surface area contributed by atoms with Crippen molar-refractivity contribution in [3.05, 3.63) is 0 Å². The van der Waals surface area contributed by atoms with Gasteiger partial charge >= 0.3 is 0 Å². The fourth-order valence-corrected chi connectivity index (χ4v) is 1.38. The highest BCUT2D eigenvalue weighted by molar-refractivity contribution is 5.87. The van der Waals surface area contributed by atoms with Gasteiger partial charge in [0, 0.05) is 7.11 Å². The lowest BCUT2D eigenvalue weighted by atomic mass is 9.91. The Kier molecular flexibility index (Phi) is 5.15. The minimum atomic E-state index is -0.921. The van der Waals surface area contributed by atoms with Gasteiger partial charge in [-0.05, 0) is 12.3 Å². The molecule has 0 heterocycles. The Morgan fingerprint density at radius 3 is 1.93 bits per heavy atom. The molecule has 5 heteroatoms. The van der Waals surface area contributed by atoms with E-state index in [4.69, 9.17) is 16.2 Å². The molecular formula is C9H18N2O3. The number of hydrogen-bond donors (Lipinski definition) is 2. The first kappa shape index (κ1) is 12.9. The van der Waals surface area contributed by atoms with Crippen molar-refractivity contribution < 1.29 is 14.3 Å². The van der Waals surface area contributed by atoms with Crippen molar-refractivity contribution in [2.75, 3.05) is 7.11 Å². The Morgan fingerprint density at radius 2 is 1.71 bits per heavy atom. The van der Waals surface area contributed by atoms with Crippen molar-refractivity contribution in [1.29, 1.82) is 0 Å². The second kappa shape index (κ2) is 5.59. The third-order valence-electron chi connectivity index (χ3n) is 1.99. The lowest BCUT2D eigenvalue weighted by molar-refractivity contribution is -0.139. The molecule has 5 nitrogen and oxygen atoms in total. The van der Waals surface area contributed by atoms with Crippen LogP contribution in [0.5, 0.6) is 0 Å². The van der Waals surface area contributed by atoms with Crippen molar-refractivity contribution in [3.63, 3.8) is 0 Å². The summed E-state index contributed by atoms with van der Waals surface area (Å²) in [5.41, 5.74) is 10.3. The molecule has 0 saturated heterocycles. The fraction of sp³-hybridized carbons (Fsp3) is 0.778. The van der Waals surface area contributed by atoms with Crippen LogP contribution in [0.4, 0.5) is 0 Å². The molecule has 0 aromatic carbocycles. The second-order valence-electron chi connectivity index (χ2n) is 3.70. The van der Waals surface area contributed by atoms with Gasteiger partial charge in [-0.2, -0.15) is 0 Å². The van der Waals surface area contributed by atoms with Gasteiger partial charge in [0.15, 0.2) is 0 Å². The zero-order valence-corrected chi connectivity index (χ0v) is 8.82. The Morgan fingerprint density at radius 1 is 1.21 bits per heavy atom. The molecule has 0 radical (unpaired) electrons. The van der Waals surface area contributed by atoms with E-state index < -0.39 is 23.8 Å². The van der Waals surface area contributed by atoms with Crippen molar-refractivity contribution in [1.82, 2.24) is 0 Å². The minimum absolute atomic E-state index is 0.254. The first-order chi connectivity index (χ1) is 6.40. The maximum Gasteiger partial charge on any atom is 0.247 e. The molecule has 0 rings (SSSR count). The quantitative estimate of drug-likeness (QED) is 0.615. The van der Waals surface area contributed by atoms with Gasteiger partial charge in [0.1, 0.15) is 6.10 Å². The van der Waals surface area contributed by atoms with E-state index in [9.17, 15) is 9.59 Å². The predicted molar refractivity (Wildman–Crippen MR) is 52.1 cm³/mol. The van der Waals surface area contributed by atoms with E-state index >= 15 is 0 Å². The van der Waals surface area contributed by atoms with E-state index in [1.54, 1.807) is 0 Å². The molecule has 0 bridgehead atoms. The summed E-state index contributed by atoms with van der Waals surface area (Å²) in [5, 5.41) is 0. The normalized spacial score (nSPS) is 15.1. The van der Waals surface area contributed by atoms with E-state index in [2.05, 4.69) is 0 Å². The number of methoxy groups -OCH3 is 1. The van der Waals surface area contributed by atoms with Gasteiger partial charge in [-0.1, -0.05) is 13.8 Å². The number of primary amides is 2. The molecule has 0 unspecified atom stereocenters. The van der Waals surface area contributed by atoms with Crippen LogP contribution >= 0.6 is 0 Å². The monoisotopic (exact) mass is 202 g/mol. The zero-order chi connectivity index (χ0) is 11.3. The number of ether oxygens (including phenoxy) is 1. The third-order valence-corrected chi connectivity index (χ3v) is 1.99. The molecule has 0 aliphatic carbocycles. The molecule has 14 heavy (non-hydrogen) atoms. The number of hydrogen-bond acceptors (Lipinski definition) is 3. The highest BCUT2D eigenvalue weighted by Gasteiger charge is 2.31. The fourth-order valence-electron chi connectivity index (χ4n) is 1.38. The Bertz CT molecular complexity index is 216. The van der Waals surface area contributed by atoms with Crippen LogP contribution in [0.3, 0.4) is 0 Å². The Hall–Kier alpha value is -1.10. The first-order valence-corrected chi connectivity index (χ1v) is 4.51. The summed E-state index contributed by atoms with van der Waals surface area (Å²) in [6.07, 6.45) is -0.425. The minimum Gasteiger partial charge on any atom is -0.371 e. The molecule has 0 aromatic rings. The smallest absolute Gasteiger partial charge is 0.247 e. The maximum absolute atomic E-state index is 11.1. The molecule has 82 valence electrons. The molecule has 0 fully saturated rings. The standard InChI is InChI=1S/C9H18N2O3/c1-5(2)4-6(8(10)12)7(14-3)9(11)13/h5-7H,4H2,1-3H3,(H2,10,12)(H2,11,13)/t6-,7+/m1/s1. The van der Waals surface area contributed by atoms with E-state index in [0.29, 0.717) is 6.42 Å². The van der Waals surface area contributed by atoms with Crippen molar-refractivity contribution >= 4 is 11.8 Å². The number of nitrogens with two attached hydrogens (primary N) is 2. The molecule has 0 aliphatic rings. The van der Waals surface area contributed by atoms with Crippen LogP contribution in [0.2, 0.25) is 0 Å². The largest absolute Gasteiger partial charge is 0.371 e. The summed E-state index contributed by atoms with van der Waals surface area (Å²) in [7, 11) is 1.34. The summed E-state index contributed by atoms with van der Waals surface area (Å²) in [6, 6.07) is 0. The molecule has 0 aliphatic heterocycles. The molecule has 2 atom stereocenters. The molecule has 0 saturated carbocycles. The molecule has 2 amide bonds. The first-order valence-electron chi connectivity index (χ1n) is 4.51. The SMILES string of the molecule is CO[C@H](C(N)=O)[C@@H](CC(C)C)C(N)=O. The van der Waals surface area contributed by atoms with Crippen molar-refractivity contribution in [2.45, 2.75) is 26.4 Å². The second-order valence-corrected chi connectivity index (χ2v) is 3.70. The van der Waals surface area contributed by atoms with Crippen molar-refractivity contribution in [3.8, 4) is 0 Å². The summed E-state index contributed by atoms with van der Waals surface area (Å²) < 4.78 is 4.86. The summed E-state index contributed by atoms with van der Waals surface area (Å²) in [4.78, 5) is 22.0. The van der Waals surface area contributed by atoms with Gasteiger partial charge < -0.3 is 16.2 Å². The maximum atomic E-state index is 11.1. The average molecular weight is 202 g/mol. The number of rotatable bonds is 6. The van der Waals surface area contributed by atoms with Crippen LogP contribution in [0.15, 0.2) is 0 Å². The summed E-state index contributed by atoms with van der Waals surface area (Å²) in [5.74, 6) is -1.59. The summed E-state index contributed by atoms with van der Waals surface area (Å²) >= 11 is 0. The van der Waals surface area contributed by atoms with Gasteiger partial charge in [0.2, 0.25) is 11.8 Å². The van der Waals surface area contributed by atoms with Crippen molar-refractivity contribution in [2.24, 2.45) is 23.3 Å². The van der Waals surface area contributed by atoms with Crippen LogP contribution in [-0.2, 0) is 14.3 Å². The number of amides is 2. The lowest BCUT2D eigenvalue weighted by Crippen LogP contribution is -2.43. The van der Waals surface area contributed by atoms with Crippen LogP contribution in [0.1, 0.15) is 20.3 Å². The molecule has 4 N–H and O–H groups in total. The van der Waals surface area contributed by atoms with Crippen LogP contribution in [0.25, 0.3) is 0 Å². The van der Waals surface area contributed by atoms with E-state index in [-0.39, 0.29) is 5.92 Å². The van der Waals surface area contributed by atoms with Crippen LogP contribution in [0, 0.1) is 11.8 Å². The number of carbonyl (C=O) groups excluding carboxylic acids is 2. The van der Waals surface area contributed by atoms with E-state index in [1.165, 1.54) is 7.11 Å². The van der Waals surface area contributed by atoms with Crippen LogP contribution < -0.4 is 11.5 Å². The van der Waals surface area contributed by atoms with Gasteiger partial charge in [-0.15, -0.1) is 0 Å². The van der Waals surface area contributed by atoms with Gasteiger partial charge in [0.05, 0.1) is 5.92 Å². The van der Waals surface area contributed by atoms with Gasteiger partial charge in [-0.3, -0.25) is 9.59 Å². The zero-order valence-electron chi connectivity index (χ0n) is 8.82. The average Bonchev–Trinajstić information content (AvgIpc) is 2.02. The Labute approximate surface area is 83.8 Å². The van der Waals surface area contributed by atoms with E-state index in [1.807, 2.05) is 13.8 Å². The molecule has 0 spiro atoms. The van der Waals surface area contributed by atoms with Gasteiger partial charge in [0.25, 0.3) is 0 Å². The van der Waals surface area contributed by atoms with Crippen LogP contribution in [-0.4, -0.2) is 25.0 Å². The molecule has 0 aromatic heterocycles. The number of carbonyl (C=O) groups is 2. The van der Waals surface area contributed by atoms with Gasteiger partial charge in [-0.25, -0.2) is 0 Å². The summed E-state index contributed by atoms with van der Waals surface area (Å²) in [6.45, 7) is 3.87. The predicted octanol–water partition coefficient (Wildman–Crippen LogP) is -0.366. The molecular weight excluding hydrogens is 184 g/mol. The third kappa shape index (κ3) is 3.74. The Balaban J connectivity index is 4.60. The highest BCUT2D eigenvalue weighted by Crippen LogP contribution is 2.17. The lowest BCUT2D eigenvalue weighted by Gasteiger charge is -2.22. The topological polar surface area (TPSA) is 95.4 Å². The highest BCUT2D eigenvalue weighted by atomic mass is 16.5. The van der Waals surface area contributed by atoms with E-state index in [0.717, 1.165) is 0 Å².